The van der Waals surface area contributed by atoms with Gasteiger partial charge in [-0.05, 0) is 0 Å². The molecule has 0 unspecified atom stereocenters. The largest absolute Gasteiger partial charge is 0.573 e. The molecule has 0 spiro atoms. The summed E-state index contributed by atoms with van der Waals surface area (Å²) in [5.74, 6) is -3.78. The maximum atomic E-state index is 12.1. The van der Waals surface area contributed by atoms with E-state index >= 15 is 0 Å². The van der Waals surface area contributed by atoms with Gasteiger partial charge in [-0.1, -0.05) is 0 Å². The van der Waals surface area contributed by atoms with Crippen LogP contribution in [0.15, 0.2) is 6.07 Å². The third-order valence-electron chi connectivity index (χ3n) is 1.75. The molecular formula is C8H5F3N2O6. The van der Waals surface area contributed by atoms with Crippen LogP contribution < -0.4 is 9.47 Å². The predicted molar refractivity (Wildman–Crippen MR) is 51.1 cm³/mol. The zero-order chi connectivity index (χ0) is 14.8. The first-order valence-electron chi connectivity index (χ1n) is 4.38. The van der Waals surface area contributed by atoms with Crippen LogP contribution in [0.2, 0.25) is 0 Å². The van der Waals surface area contributed by atoms with Gasteiger partial charge in [0.2, 0.25) is 17.3 Å². The van der Waals surface area contributed by atoms with Crippen LogP contribution in [0.4, 0.5) is 18.9 Å². The summed E-state index contributed by atoms with van der Waals surface area (Å²) in [5, 5.41) is 19.3. The summed E-state index contributed by atoms with van der Waals surface area (Å²) < 4.78 is 44.2. The Morgan fingerprint density at radius 1 is 1.53 bits per heavy atom. The van der Waals surface area contributed by atoms with Gasteiger partial charge in [0.05, 0.1) is 18.1 Å². The minimum Gasteiger partial charge on any atom is -0.481 e. The van der Waals surface area contributed by atoms with E-state index in [1.807, 2.05) is 0 Å². The molecule has 0 atom stereocenters. The number of aromatic carboxylic acids is 1. The van der Waals surface area contributed by atoms with Crippen LogP contribution in [0.5, 0.6) is 11.6 Å². The van der Waals surface area contributed by atoms with Gasteiger partial charge in [-0.15, -0.1) is 13.2 Å². The molecule has 11 heteroatoms. The number of hydrogen-bond donors (Lipinski definition) is 1. The smallest absolute Gasteiger partial charge is 0.481 e. The summed E-state index contributed by atoms with van der Waals surface area (Å²) in [4.78, 5) is 23.3. The highest BCUT2D eigenvalue weighted by atomic mass is 19.4. The van der Waals surface area contributed by atoms with Crippen LogP contribution in [0.1, 0.15) is 10.5 Å². The number of hydrogen-bond acceptors (Lipinski definition) is 6. The quantitative estimate of drug-likeness (QED) is 0.659. The lowest BCUT2D eigenvalue weighted by Gasteiger charge is -2.11. The van der Waals surface area contributed by atoms with Gasteiger partial charge in [0.15, 0.2) is 0 Å². The van der Waals surface area contributed by atoms with Crippen LogP contribution in [-0.4, -0.2) is 34.5 Å². The number of ether oxygens (including phenoxy) is 2. The summed E-state index contributed by atoms with van der Waals surface area (Å²) in [6.07, 6.45) is -5.23. The lowest BCUT2D eigenvalue weighted by Crippen LogP contribution is -2.19. The van der Waals surface area contributed by atoms with Gasteiger partial charge in [0.25, 0.3) is 0 Å². The summed E-state index contributed by atoms with van der Waals surface area (Å²) >= 11 is 0. The number of alkyl halides is 3. The van der Waals surface area contributed by atoms with Crippen LogP contribution in [-0.2, 0) is 0 Å². The molecule has 0 bridgehead atoms. The van der Waals surface area contributed by atoms with E-state index in [0.29, 0.717) is 6.07 Å². The highest BCUT2D eigenvalue weighted by Gasteiger charge is 2.38. The zero-order valence-corrected chi connectivity index (χ0v) is 9.09. The van der Waals surface area contributed by atoms with Gasteiger partial charge in [-0.2, -0.15) is 4.98 Å². The second kappa shape index (κ2) is 4.96. The minimum absolute atomic E-state index is 0.470. The maximum absolute atomic E-state index is 12.1. The second-order valence-electron chi connectivity index (χ2n) is 2.97. The van der Waals surface area contributed by atoms with E-state index < -0.39 is 40.3 Å². The first-order chi connectivity index (χ1) is 8.65. The molecule has 0 aliphatic carbocycles. The van der Waals surface area contributed by atoms with Crippen LogP contribution in [0.25, 0.3) is 0 Å². The van der Waals surface area contributed by atoms with Crippen molar-refractivity contribution in [3.8, 4) is 11.6 Å². The lowest BCUT2D eigenvalue weighted by molar-refractivity contribution is -0.389. The van der Waals surface area contributed by atoms with Crippen LogP contribution in [0.3, 0.4) is 0 Å². The fourth-order valence-electron chi connectivity index (χ4n) is 1.13. The Bertz CT molecular complexity index is 530. The fourth-order valence-corrected chi connectivity index (χ4v) is 1.13. The highest BCUT2D eigenvalue weighted by molar-refractivity contribution is 5.91. The van der Waals surface area contributed by atoms with Crippen molar-refractivity contribution < 1.29 is 37.5 Å². The Morgan fingerprint density at radius 2 is 2.11 bits per heavy atom. The van der Waals surface area contributed by atoms with E-state index in [1.54, 1.807) is 0 Å². The van der Waals surface area contributed by atoms with Crippen molar-refractivity contribution >= 4 is 11.7 Å². The van der Waals surface area contributed by atoms with Gasteiger partial charge < -0.3 is 14.6 Å². The Balaban J connectivity index is 3.53. The van der Waals surface area contributed by atoms with Crippen molar-refractivity contribution in [2.24, 2.45) is 0 Å². The number of nitro groups is 1. The fraction of sp³-hybridized carbons (Fsp3) is 0.250. The minimum atomic E-state index is -5.23. The van der Waals surface area contributed by atoms with Gasteiger partial charge >= 0.3 is 18.0 Å². The molecule has 19 heavy (non-hydrogen) atoms. The van der Waals surface area contributed by atoms with Gasteiger partial charge in [-0.25, -0.2) is 4.79 Å². The Morgan fingerprint density at radius 3 is 2.47 bits per heavy atom. The molecular weight excluding hydrogens is 277 g/mol. The third kappa shape index (κ3) is 3.43. The molecule has 0 aliphatic rings. The van der Waals surface area contributed by atoms with E-state index in [-0.39, 0.29) is 0 Å². The van der Waals surface area contributed by atoms with E-state index in [1.165, 1.54) is 0 Å². The Labute approximate surface area is 102 Å². The summed E-state index contributed by atoms with van der Waals surface area (Å²) in [6.45, 7) is 0. The maximum Gasteiger partial charge on any atom is 0.573 e. The number of nitrogens with zero attached hydrogens (tertiary/aromatic N) is 2. The molecule has 1 rings (SSSR count). The van der Waals surface area contributed by atoms with Crippen LogP contribution >= 0.6 is 0 Å². The van der Waals surface area contributed by atoms with Gasteiger partial charge in [-0.3, -0.25) is 10.1 Å². The molecule has 0 aliphatic heterocycles. The summed E-state index contributed by atoms with van der Waals surface area (Å²) in [6, 6.07) is 0.470. The molecule has 0 amide bonds. The summed E-state index contributed by atoms with van der Waals surface area (Å²) in [7, 11) is 0.997. The molecule has 0 aromatic carbocycles. The Hall–Kier alpha value is -2.59. The third-order valence-corrected chi connectivity index (χ3v) is 1.75. The average molecular weight is 282 g/mol. The van der Waals surface area contributed by atoms with Crippen molar-refractivity contribution in [1.82, 2.24) is 4.98 Å². The van der Waals surface area contributed by atoms with Gasteiger partial charge in [0, 0.05) is 0 Å². The number of carboxylic acid groups (broad SMARTS) is 1. The second-order valence-corrected chi connectivity index (χ2v) is 2.97. The first kappa shape index (κ1) is 14.5. The molecule has 8 nitrogen and oxygen atoms in total. The van der Waals surface area contributed by atoms with E-state index in [9.17, 15) is 28.1 Å². The number of pyridine rings is 1. The van der Waals surface area contributed by atoms with Gasteiger partial charge in [0.1, 0.15) is 0 Å². The molecule has 0 fully saturated rings. The number of carboxylic acids is 1. The monoisotopic (exact) mass is 282 g/mol. The Kier molecular flexibility index (Phi) is 3.77. The molecule has 0 radical (unpaired) electrons. The number of methoxy groups -OCH3 is 1. The van der Waals surface area contributed by atoms with Crippen LogP contribution in [0, 0.1) is 10.1 Å². The number of aromatic nitrogens is 1. The standard InChI is InChI=1S/C8H5F3N2O6/c1-18-4-2-3(19-8(9,10)11)6(13(16)17)5(12-4)7(14)15/h2H,1H3,(H,14,15). The molecule has 1 N–H and O–H groups in total. The van der Waals surface area contributed by atoms with E-state index in [4.69, 9.17) is 5.11 Å². The van der Waals surface area contributed by atoms with Crippen molar-refractivity contribution in [2.75, 3.05) is 7.11 Å². The van der Waals surface area contributed by atoms with Crippen molar-refractivity contribution in [1.29, 1.82) is 0 Å². The van der Waals surface area contributed by atoms with E-state index in [2.05, 4.69) is 14.5 Å². The zero-order valence-electron chi connectivity index (χ0n) is 9.09. The molecule has 104 valence electrons. The number of carbonyl (C=O) groups is 1. The molecule has 0 saturated carbocycles. The normalized spacial score (nSPS) is 10.9. The lowest BCUT2D eigenvalue weighted by atomic mass is 10.2. The molecule has 1 heterocycles. The summed E-state index contributed by atoms with van der Waals surface area (Å²) in [5.41, 5.74) is -2.63. The molecule has 1 aromatic rings. The topological polar surface area (TPSA) is 112 Å². The molecule has 1 aromatic heterocycles. The number of halogens is 3. The van der Waals surface area contributed by atoms with Crippen molar-refractivity contribution in [3.63, 3.8) is 0 Å². The SMILES string of the molecule is COc1cc(OC(F)(F)F)c([N+](=O)[O-])c(C(=O)O)n1. The number of rotatable bonds is 4. The van der Waals surface area contributed by atoms with Crippen molar-refractivity contribution in [2.45, 2.75) is 6.36 Å². The first-order valence-corrected chi connectivity index (χ1v) is 4.38. The molecule has 0 saturated heterocycles. The van der Waals surface area contributed by atoms with Crippen molar-refractivity contribution in [3.05, 3.63) is 21.9 Å². The van der Waals surface area contributed by atoms with E-state index in [0.717, 1.165) is 7.11 Å². The predicted octanol–water partition coefficient (Wildman–Crippen LogP) is 1.60. The average Bonchev–Trinajstić information content (AvgIpc) is 2.24. The highest BCUT2D eigenvalue weighted by Crippen LogP contribution is 2.36.